The largest absolute Gasteiger partial charge is 0.316 e. The molecule has 1 unspecified atom stereocenters. The van der Waals surface area contributed by atoms with Crippen LogP contribution in [0.25, 0.3) is 0 Å². The average Bonchev–Trinajstić information content (AvgIpc) is 2.30. The van der Waals surface area contributed by atoms with E-state index in [2.05, 4.69) is 5.32 Å². The summed E-state index contributed by atoms with van der Waals surface area (Å²) in [5.41, 5.74) is 0.0219. The molecule has 0 aliphatic carbocycles. The van der Waals surface area contributed by atoms with Gasteiger partial charge < -0.3 is 5.32 Å². The van der Waals surface area contributed by atoms with Crippen LogP contribution >= 0.6 is 11.6 Å². The number of hydrogen-bond donors (Lipinski definition) is 1. The molecule has 1 aliphatic rings. The van der Waals surface area contributed by atoms with Gasteiger partial charge in [0.05, 0.1) is 0 Å². The predicted molar refractivity (Wildman–Crippen MR) is 60.9 cm³/mol. The van der Waals surface area contributed by atoms with E-state index in [1.54, 1.807) is 12.1 Å². The van der Waals surface area contributed by atoms with Crippen molar-refractivity contribution in [2.45, 2.75) is 18.8 Å². The summed E-state index contributed by atoms with van der Waals surface area (Å²) < 4.78 is 28.2. The van der Waals surface area contributed by atoms with E-state index in [4.69, 9.17) is 11.6 Å². The number of rotatable bonds is 2. The van der Waals surface area contributed by atoms with Gasteiger partial charge in [0.15, 0.2) is 0 Å². The lowest BCUT2D eigenvalue weighted by Gasteiger charge is -2.30. The monoisotopic (exact) mass is 245 g/mol. The average molecular weight is 246 g/mol. The Morgan fingerprint density at radius 1 is 1.38 bits per heavy atom. The smallest absolute Gasteiger partial charge is 0.277 e. The van der Waals surface area contributed by atoms with Gasteiger partial charge in [-0.1, -0.05) is 23.7 Å². The summed E-state index contributed by atoms with van der Waals surface area (Å²) in [5.74, 6) is -3.42. The normalized spacial score (nSPS) is 22.1. The summed E-state index contributed by atoms with van der Waals surface area (Å²) in [6.45, 7) is 1.21. The van der Waals surface area contributed by atoms with Gasteiger partial charge in [-0.3, -0.25) is 0 Å². The van der Waals surface area contributed by atoms with Crippen LogP contribution in [-0.2, 0) is 5.92 Å². The van der Waals surface area contributed by atoms with Gasteiger partial charge in [0.2, 0.25) is 0 Å². The minimum absolute atomic E-state index is 0.0219. The van der Waals surface area contributed by atoms with Gasteiger partial charge in [-0.05, 0) is 31.5 Å². The molecule has 0 spiro atoms. The summed E-state index contributed by atoms with van der Waals surface area (Å²) in [5, 5.41) is 3.37. The molecule has 0 aromatic heterocycles. The lowest BCUT2D eigenvalue weighted by atomic mass is 9.88. The maximum Gasteiger partial charge on any atom is 0.277 e. The van der Waals surface area contributed by atoms with Crippen LogP contribution in [0.1, 0.15) is 18.4 Å². The Morgan fingerprint density at radius 3 is 2.81 bits per heavy atom. The Hall–Kier alpha value is -0.670. The van der Waals surface area contributed by atoms with Crippen molar-refractivity contribution in [1.29, 1.82) is 0 Å². The van der Waals surface area contributed by atoms with Crippen LogP contribution in [0, 0.1) is 5.92 Å². The van der Waals surface area contributed by atoms with Crippen LogP contribution < -0.4 is 5.32 Å². The third-order valence-electron chi connectivity index (χ3n) is 3.02. The lowest BCUT2D eigenvalue weighted by molar-refractivity contribution is -0.0724. The molecule has 1 aromatic rings. The second kappa shape index (κ2) is 4.68. The van der Waals surface area contributed by atoms with Crippen LogP contribution in [0.15, 0.2) is 24.3 Å². The highest BCUT2D eigenvalue weighted by Gasteiger charge is 2.41. The zero-order valence-corrected chi connectivity index (χ0v) is 9.61. The molecular weight excluding hydrogens is 232 g/mol. The SMILES string of the molecule is FC(F)(c1cccc(Cl)c1)C1CCCNC1. The van der Waals surface area contributed by atoms with Crippen LogP contribution in [0.4, 0.5) is 8.78 Å². The number of alkyl halides is 2. The molecule has 0 saturated carbocycles. The lowest BCUT2D eigenvalue weighted by Crippen LogP contribution is -2.39. The molecule has 1 heterocycles. The third kappa shape index (κ3) is 2.36. The minimum atomic E-state index is -2.79. The quantitative estimate of drug-likeness (QED) is 0.842. The molecule has 1 aromatic carbocycles. The first-order chi connectivity index (χ1) is 7.60. The molecule has 2 rings (SSSR count). The fourth-order valence-corrected chi connectivity index (χ4v) is 2.28. The Labute approximate surface area is 98.8 Å². The fraction of sp³-hybridized carbons (Fsp3) is 0.500. The molecule has 1 fully saturated rings. The van der Waals surface area contributed by atoms with Gasteiger partial charge in [0, 0.05) is 23.0 Å². The maximum absolute atomic E-state index is 14.1. The van der Waals surface area contributed by atoms with Gasteiger partial charge >= 0.3 is 0 Å². The van der Waals surface area contributed by atoms with Gasteiger partial charge in [0.1, 0.15) is 0 Å². The minimum Gasteiger partial charge on any atom is -0.316 e. The number of benzene rings is 1. The summed E-state index contributed by atoms with van der Waals surface area (Å²) in [6.07, 6.45) is 1.37. The second-order valence-electron chi connectivity index (χ2n) is 4.18. The molecule has 88 valence electrons. The Morgan fingerprint density at radius 2 is 2.19 bits per heavy atom. The molecule has 16 heavy (non-hydrogen) atoms. The molecular formula is C12H14ClF2N. The van der Waals surface area contributed by atoms with Gasteiger partial charge in [0.25, 0.3) is 5.92 Å². The van der Waals surface area contributed by atoms with Crippen molar-refractivity contribution in [3.8, 4) is 0 Å². The number of piperidine rings is 1. The van der Waals surface area contributed by atoms with E-state index in [1.807, 2.05) is 0 Å². The van der Waals surface area contributed by atoms with Crippen LogP contribution in [0.5, 0.6) is 0 Å². The predicted octanol–water partition coefficient (Wildman–Crippen LogP) is 3.43. The summed E-state index contributed by atoms with van der Waals surface area (Å²) in [4.78, 5) is 0. The van der Waals surface area contributed by atoms with Crippen LogP contribution in [0.2, 0.25) is 5.02 Å². The van der Waals surface area contributed by atoms with E-state index in [0.717, 1.165) is 13.0 Å². The summed E-state index contributed by atoms with van der Waals surface area (Å²) in [7, 11) is 0. The molecule has 0 radical (unpaired) electrons. The third-order valence-corrected chi connectivity index (χ3v) is 3.25. The molecule has 4 heteroatoms. The number of nitrogens with one attached hydrogen (secondary N) is 1. The van der Waals surface area contributed by atoms with E-state index in [1.165, 1.54) is 12.1 Å². The molecule has 1 saturated heterocycles. The highest BCUT2D eigenvalue weighted by atomic mass is 35.5. The Balaban J connectivity index is 2.22. The first-order valence-electron chi connectivity index (χ1n) is 5.45. The zero-order chi connectivity index (χ0) is 11.6. The van der Waals surface area contributed by atoms with E-state index >= 15 is 0 Å². The van der Waals surface area contributed by atoms with Crippen molar-refractivity contribution in [2.24, 2.45) is 5.92 Å². The van der Waals surface area contributed by atoms with Crippen molar-refractivity contribution in [2.75, 3.05) is 13.1 Å². The molecule has 1 atom stereocenters. The van der Waals surface area contributed by atoms with E-state index in [0.29, 0.717) is 18.0 Å². The van der Waals surface area contributed by atoms with Crippen molar-refractivity contribution < 1.29 is 8.78 Å². The van der Waals surface area contributed by atoms with Crippen molar-refractivity contribution >= 4 is 11.6 Å². The molecule has 1 nitrogen and oxygen atoms in total. The zero-order valence-electron chi connectivity index (χ0n) is 8.85. The first kappa shape index (κ1) is 11.8. The van der Waals surface area contributed by atoms with Gasteiger partial charge in [-0.25, -0.2) is 8.78 Å². The topological polar surface area (TPSA) is 12.0 Å². The summed E-state index contributed by atoms with van der Waals surface area (Å²) >= 11 is 5.74. The van der Waals surface area contributed by atoms with E-state index in [9.17, 15) is 8.78 Å². The highest BCUT2D eigenvalue weighted by Crippen LogP contribution is 2.39. The maximum atomic E-state index is 14.1. The second-order valence-corrected chi connectivity index (χ2v) is 4.61. The Kier molecular flexibility index (Phi) is 3.45. The van der Waals surface area contributed by atoms with Crippen LogP contribution in [-0.4, -0.2) is 13.1 Å². The van der Waals surface area contributed by atoms with Crippen LogP contribution in [0.3, 0.4) is 0 Å². The first-order valence-corrected chi connectivity index (χ1v) is 5.83. The van der Waals surface area contributed by atoms with Crippen molar-refractivity contribution in [1.82, 2.24) is 5.32 Å². The van der Waals surface area contributed by atoms with Gasteiger partial charge in [-0.2, -0.15) is 0 Å². The summed E-state index contributed by atoms with van der Waals surface area (Å²) in [6, 6.07) is 5.98. The van der Waals surface area contributed by atoms with Crippen molar-refractivity contribution in [3.63, 3.8) is 0 Å². The number of halogens is 3. The van der Waals surface area contributed by atoms with Crippen molar-refractivity contribution in [3.05, 3.63) is 34.9 Å². The standard InChI is InChI=1S/C12H14ClF2N/c13-11-5-1-3-9(7-11)12(14,15)10-4-2-6-16-8-10/h1,3,5,7,10,16H,2,4,6,8H2. The molecule has 1 aliphatic heterocycles. The molecule has 1 N–H and O–H groups in total. The molecule has 0 amide bonds. The fourth-order valence-electron chi connectivity index (χ4n) is 2.09. The highest BCUT2D eigenvalue weighted by molar-refractivity contribution is 6.30. The number of hydrogen-bond acceptors (Lipinski definition) is 1. The van der Waals surface area contributed by atoms with E-state index in [-0.39, 0.29) is 5.56 Å². The van der Waals surface area contributed by atoms with E-state index < -0.39 is 11.8 Å². The molecule has 0 bridgehead atoms. The Bertz CT molecular complexity index is 362. The van der Waals surface area contributed by atoms with Gasteiger partial charge in [-0.15, -0.1) is 0 Å².